The highest BCUT2D eigenvalue weighted by molar-refractivity contribution is 5.87. The Morgan fingerprint density at radius 1 is 0.870 bits per heavy atom. The van der Waals surface area contributed by atoms with Gasteiger partial charge in [-0.15, -0.1) is 0 Å². The van der Waals surface area contributed by atoms with Gasteiger partial charge in [0.25, 0.3) is 0 Å². The first kappa shape index (κ1) is 14.3. The van der Waals surface area contributed by atoms with Gasteiger partial charge >= 0.3 is 0 Å². The normalized spacial score (nSPS) is 22.1. The number of hydrogen-bond donors (Lipinski definition) is 0. The van der Waals surface area contributed by atoms with Crippen LogP contribution < -0.4 is 9.47 Å². The van der Waals surface area contributed by atoms with Crippen molar-refractivity contribution in [2.24, 2.45) is 5.92 Å². The second-order valence-electron chi connectivity index (χ2n) is 6.07. The van der Waals surface area contributed by atoms with Gasteiger partial charge in [0.1, 0.15) is 11.5 Å². The van der Waals surface area contributed by atoms with Crippen LogP contribution in [0.2, 0.25) is 0 Å². The minimum atomic E-state index is 0.405. The van der Waals surface area contributed by atoms with E-state index in [1.807, 2.05) is 18.2 Å². The summed E-state index contributed by atoms with van der Waals surface area (Å²) in [6.07, 6.45) is 2.30. The molecule has 1 saturated heterocycles. The van der Waals surface area contributed by atoms with E-state index in [2.05, 4.69) is 30.3 Å². The van der Waals surface area contributed by atoms with Crippen molar-refractivity contribution in [2.45, 2.75) is 5.92 Å². The van der Waals surface area contributed by atoms with E-state index < -0.39 is 0 Å². The molecule has 118 valence electrons. The Hall–Kier alpha value is -2.26. The zero-order valence-corrected chi connectivity index (χ0v) is 13.4. The summed E-state index contributed by atoms with van der Waals surface area (Å²) < 4.78 is 16.5. The Morgan fingerprint density at radius 2 is 1.57 bits per heavy atom. The molecule has 2 aliphatic rings. The highest BCUT2D eigenvalue weighted by Crippen LogP contribution is 2.47. The van der Waals surface area contributed by atoms with Crippen molar-refractivity contribution in [1.82, 2.24) is 0 Å². The standard InChI is InChI=1S/C20H20O3/c1-21-15-6-3-13(4-7-15)17-9-14-5-8-16(22-2)10-18(14)20-12-23-11-19(17)20/h3-10,19-20H,11-12H2,1-2H3/t19-,20+/m1/s1. The molecule has 2 atom stereocenters. The molecule has 0 spiro atoms. The summed E-state index contributed by atoms with van der Waals surface area (Å²) in [5, 5.41) is 0. The summed E-state index contributed by atoms with van der Waals surface area (Å²) in [6.45, 7) is 1.55. The number of methoxy groups -OCH3 is 2. The molecular weight excluding hydrogens is 288 g/mol. The average molecular weight is 308 g/mol. The van der Waals surface area contributed by atoms with Crippen molar-refractivity contribution in [3.05, 3.63) is 59.2 Å². The largest absolute Gasteiger partial charge is 0.497 e. The molecule has 0 saturated carbocycles. The average Bonchev–Trinajstić information content (AvgIpc) is 3.11. The molecule has 1 aliphatic carbocycles. The zero-order valence-electron chi connectivity index (χ0n) is 13.4. The molecule has 2 aromatic rings. The molecule has 0 unspecified atom stereocenters. The van der Waals surface area contributed by atoms with E-state index in [4.69, 9.17) is 14.2 Å². The van der Waals surface area contributed by atoms with Gasteiger partial charge in [-0.2, -0.15) is 0 Å². The lowest BCUT2D eigenvalue weighted by Crippen LogP contribution is -2.17. The fraction of sp³-hybridized carbons (Fsp3) is 0.300. The number of hydrogen-bond acceptors (Lipinski definition) is 3. The molecule has 0 bridgehead atoms. The van der Waals surface area contributed by atoms with Crippen molar-refractivity contribution < 1.29 is 14.2 Å². The number of rotatable bonds is 3. The molecular formula is C20H20O3. The van der Waals surface area contributed by atoms with E-state index in [0.29, 0.717) is 11.8 Å². The molecule has 2 aromatic carbocycles. The van der Waals surface area contributed by atoms with Gasteiger partial charge in [-0.1, -0.05) is 24.3 Å². The first-order chi connectivity index (χ1) is 11.3. The fourth-order valence-corrected chi connectivity index (χ4v) is 3.66. The third-order valence-electron chi connectivity index (χ3n) is 4.91. The molecule has 0 aromatic heterocycles. The predicted molar refractivity (Wildman–Crippen MR) is 90.9 cm³/mol. The Morgan fingerprint density at radius 3 is 2.30 bits per heavy atom. The van der Waals surface area contributed by atoms with Gasteiger partial charge in [0.15, 0.2) is 0 Å². The third kappa shape index (κ3) is 2.41. The summed E-state index contributed by atoms with van der Waals surface area (Å²) in [7, 11) is 3.41. The summed E-state index contributed by atoms with van der Waals surface area (Å²) in [4.78, 5) is 0. The summed E-state index contributed by atoms with van der Waals surface area (Å²) >= 11 is 0. The van der Waals surface area contributed by atoms with Crippen LogP contribution in [0, 0.1) is 5.92 Å². The SMILES string of the molecule is COc1ccc(C2=Cc3ccc(OC)cc3[C@@H]3COC[C@H]23)cc1. The van der Waals surface area contributed by atoms with E-state index in [-0.39, 0.29) is 0 Å². The lowest BCUT2D eigenvalue weighted by Gasteiger charge is -2.28. The maximum absolute atomic E-state index is 5.81. The van der Waals surface area contributed by atoms with Gasteiger partial charge in [0.05, 0.1) is 27.4 Å². The maximum atomic E-state index is 5.81. The summed E-state index contributed by atoms with van der Waals surface area (Å²) in [6, 6.07) is 14.6. The van der Waals surface area contributed by atoms with E-state index in [9.17, 15) is 0 Å². The first-order valence-corrected chi connectivity index (χ1v) is 7.92. The quantitative estimate of drug-likeness (QED) is 0.858. The Kier molecular flexibility index (Phi) is 3.58. The van der Waals surface area contributed by atoms with Gasteiger partial charge < -0.3 is 14.2 Å². The molecule has 0 amide bonds. The van der Waals surface area contributed by atoms with Crippen molar-refractivity contribution in [3.63, 3.8) is 0 Å². The summed E-state index contributed by atoms with van der Waals surface area (Å²) in [5.41, 5.74) is 5.20. The van der Waals surface area contributed by atoms with Crippen LogP contribution in [-0.2, 0) is 4.74 Å². The Balaban J connectivity index is 1.80. The van der Waals surface area contributed by atoms with Crippen LogP contribution in [0.5, 0.6) is 11.5 Å². The molecule has 1 heterocycles. The molecule has 1 aliphatic heterocycles. The number of benzene rings is 2. The highest BCUT2D eigenvalue weighted by Gasteiger charge is 2.37. The second kappa shape index (κ2) is 5.74. The van der Waals surface area contributed by atoms with Crippen LogP contribution in [0.15, 0.2) is 42.5 Å². The lowest BCUT2D eigenvalue weighted by molar-refractivity contribution is 0.189. The van der Waals surface area contributed by atoms with Crippen molar-refractivity contribution in [3.8, 4) is 11.5 Å². The van der Waals surface area contributed by atoms with Crippen molar-refractivity contribution in [2.75, 3.05) is 27.4 Å². The van der Waals surface area contributed by atoms with Gasteiger partial charge in [-0.3, -0.25) is 0 Å². The zero-order chi connectivity index (χ0) is 15.8. The second-order valence-corrected chi connectivity index (χ2v) is 6.07. The smallest absolute Gasteiger partial charge is 0.119 e. The molecule has 3 heteroatoms. The topological polar surface area (TPSA) is 27.7 Å². The summed E-state index contributed by atoms with van der Waals surface area (Å²) in [5.74, 6) is 2.61. The van der Waals surface area contributed by atoms with E-state index >= 15 is 0 Å². The van der Waals surface area contributed by atoms with E-state index in [0.717, 1.165) is 24.7 Å². The molecule has 1 fully saturated rings. The minimum Gasteiger partial charge on any atom is -0.497 e. The Labute approximate surface area is 136 Å². The van der Waals surface area contributed by atoms with E-state index in [1.165, 1.54) is 22.3 Å². The lowest BCUT2D eigenvalue weighted by atomic mass is 9.74. The van der Waals surface area contributed by atoms with Crippen LogP contribution in [0.1, 0.15) is 22.6 Å². The fourth-order valence-electron chi connectivity index (χ4n) is 3.66. The van der Waals surface area contributed by atoms with Crippen LogP contribution in [0.4, 0.5) is 0 Å². The van der Waals surface area contributed by atoms with E-state index in [1.54, 1.807) is 14.2 Å². The van der Waals surface area contributed by atoms with Crippen LogP contribution >= 0.6 is 0 Å². The number of ether oxygens (including phenoxy) is 3. The highest BCUT2D eigenvalue weighted by atomic mass is 16.5. The maximum Gasteiger partial charge on any atom is 0.119 e. The predicted octanol–water partition coefficient (Wildman–Crippen LogP) is 3.99. The van der Waals surface area contributed by atoms with Gasteiger partial charge in [-0.05, 0) is 46.5 Å². The van der Waals surface area contributed by atoms with Gasteiger partial charge in [0, 0.05) is 11.8 Å². The van der Waals surface area contributed by atoms with Crippen LogP contribution in [0.25, 0.3) is 11.6 Å². The molecule has 4 rings (SSSR count). The molecule has 0 radical (unpaired) electrons. The minimum absolute atomic E-state index is 0.405. The number of fused-ring (bicyclic) bond motifs is 3. The Bertz CT molecular complexity index is 746. The molecule has 23 heavy (non-hydrogen) atoms. The van der Waals surface area contributed by atoms with Crippen LogP contribution in [-0.4, -0.2) is 27.4 Å². The van der Waals surface area contributed by atoms with Crippen molar-refractivity contribution >= 4 is 11.6 Å². The third-order valence-corrected chi connectivity index (χ3v) is 4.91. The van der Waals surface area contributed by atoms with Crippen LogP contribution in [0.3, 0.4) is 0 Å². The first-order valence-electron chi connectivity index (χ1n) is 7.92. The molecule has 0 N–H and O–H groups in total. The monoisotopic (exact) mass is 308 g/mol. The molecule has 3 nitrogen and oxygen atoms in total. The van der Waals surface area contributed by atoms with Crippen molar-refractivity contribution in [1.29, 1.82) is 0 Å². The van der Waals surface area contributed by atoms with Gasteiger partial charge in [0.2, 0.25) is 0 Å². The van der Waals surface area contributed by atoms with Gasteiger partial charge in [-0.25, -0.2) is 0 Å².